The first-order valence-corrected chi connectivity index (χ1v) is 4.46. The van der Waals surface area contributed by atoms with Crippen LogP contribution < -0.4 is 5.84 Å². The molecule has 2 aromatic rings. The zero-order valence-corrected chi connectivity index (χ0v) is 8.43. The number of fused-ring (bicyclic) bond motifs is 1. The number of hydrogen-bond donors (Lipinski definition) is 1. The molecule has 0 radical (unpaired) electrons. The molecule has 1 aromatic carbocycles. The number of benzene rings is 1. The molecule has 2 N–H and O–H groups in total. The Kier molecular flexibility index (Phi) is 1.66. The quantitative estimate of drug-likeness (QED) is 0.511. The van der Waals surface area contributed by atoms with Crippen LogP contribution in [0.2, 0.25) is 0 Å². The van der Waals surface area contributed by atoms with Gasteiger partial charge in [0, 0.05) is 7.05 Å². The summed E-state index contributed by atoms with van der Waals surface area (Å²) >= 11 is 5.16. The topological polar surface area (TPSA) is 35.9 Å². The van der Waals surface area contributed by atoms with Crippen molar-refractivity contribution in [2.45, 2.75) is 6.92 Å². The normalized spacial score (nSPS) is 10.9. The van der Waals surface area contributed by atoms with E-state index < -0.39 is 0 Å². The van der Waals surface area contributed by atoms with Crippen molar-refractivity contribution in [2.24, 2.45) is 7.05 Å². The van der Waals surface area contributed by atoms with Crippen LogP contribution in [0.15, 0.2) is 18.2 Å². The van der Waals surface area contributed by atoms with Crippen LogP contribution in [-0.4, -0.2) is 9.24 Å². The van der Waals surface area contributed by atoms with Crippen LogP contribution in [-0.2, 0) is 7.05 Å². The molecule has 0 unspecified atom stereocenters. The molecule has 0 aliphatic rings. The molecule has 0 saturated carbocycles. The highest BCUT2D eigenvalue weighted by molar-refractivity contribution is 7.71. The van der Waals surface area contributed by atoms with Crippen molar-refractivity contribution in [3.8, 4) is 0 Å². The Morgan fingerprint density at radius 1 is 1.38 bits per heavy atom. The van der Waals surface area contributed by atoms with E-state index in [4.69, 9.17) is 18.1 Å². The fraction of sp³-hybridized carbons (Fsp3) is 0.222. The molecular formula is C9H11N3S. The van der Waals surface area contributed by atoms with Gasteiger partial charge < -0.3 is 10.4 Å². The van der Waals surface area contributed by atoms with Gasteiger partial charge in [-0.25, -0.2) is 4.68 Å². The van der Waals surface area contributed by atoms with Crippen molar-refractivity contribution in [3.05, 3.63) is 28.5 Å². The van der Waals surface area contributed by atoms with E-state index in [1.54, 1.807) is 0 Å². The SMILES string of the molecule is Cc1cccc2c1n(C)c(=S)n2N. The third-order valence-corrected chi connectivity index (χ3v) is 2.77. The Morgan fingerprint density at radius 3 is 2.69 bits per heavy atom. The molecule has 0 aliphatic heterocycles. The number of rotatable bonds is 0. The summed E-state index contributed by atoms with van der Waals surface area (Å²) in [6, 6.07) is 6.01. The Morgan fingerprint density at radius 2 is 2.08 bits per heavy atom. The molecule has 0 fully saturated rings. The number of imidazole rings is 1. The predicted molar refractivity (Wildman–Crippen MR) is 56.6 cm³/mol. The number of aryl methyl sites for hydroxylation is 2. The third-order valence-electron chi connectivity index (χ3n) is 2.30. The average Bonchev–Trinajstić information content (AvgIpc) is 2.33. The van der Waals surface area contributed by atoms with Gasteiger partial charge in [-0.05, 0) is 30.8 Å². The minimum absolute atomic E-state index is 0.643. The number of nitrogens with two attached hydrogens (primary N) is 1. The minimum Gasteiger partial charge on any atom is -0.337 e. The van der Waals surface area contributed by atoms with Gasteiger partial charge in [-0.15, -0.1) is 0 Å². The maximum Gasteiger partial charge on any atom is 0.199 e. The maximum atomic E-state index is 5.80. The molecule has 3 nitrogen and oxygen atoms in total. The lowest BCUT2D eigenvalue weighted by atomic mass is 10.2. The Hall–Kier alpha value is -1.29. The molecule has 2 rings (SSSR count). The zero-order chi connectivity index (χ0) is 9.59. The van der Waals surface area contributed by atoms with Gasteiger partial charge >= 0.3 is 0 Å². The molecule has 0 bridgehead atoms. The molecule has 13 heavy (non-hydrogen) atoms. The van der Waals surface area contributed by atoms with Crippen LogP contribution in [0, 0.1) is 11.7 Å². The van der Waals surface area contributed by atoms with Gasteiger partial charge in [-0.3, -0.25) is 0 Å². The van der Waals surface area contributed by atoms with Crippen LogP contribution >= 0.6 is 12.2 Å². The summed E-state index contributed by atoms with van der Waals surface area (Å²) in [5.74, 6) is 5.80. The molecule has 0 spiro atoms. The van der Waals surface area contributed by atoms with Crippen molar-refractivity contribution in [1.82, 2.24) is 9.24 Å². The highest BCUT2D eigenvalue weighted by atomic mass is 32.1. The largest absolute Gasteiger partial charge is 0.337 e. The first-order valence-electron chi connectivity index (χ1n) is 4.05. The molecule has 1 heterocycles. The number of nitrogens with zero attached hydrogens (tertiary/aromatic N) is 2. The van der Waals surface area contributed by atoms with E-state index in [1.165, 1.54) is 10.2 Å². The van der Waals surface area contributed by atoms with E-state index in [0.717, 1.165) is 11.0 Å². The number of aromatic nitrogens is 2. The summed E-state index contributed by atoms with van der Waals surface area (Å²) in [6.45, 7) is 2.05. The average molecular weight is 193 g/mol. The summed E-state index contributed by atoms with van der Waals surface area (Å²) in [5, 5.41) is 0. The lowest BCUT2D eigenvalue weighted by molar-refractivity contribution is 0.867. The summed E-state index contributed by atoms with van der Waals surface area (Å²) in [7, 11) is 1.93. The van der Waals surface area contributed by atoms with E-state index in [-0.39, 0.29) is 0 Å². The van der Waals surface area contributed by atoms with E-state index in [2.05, 4.69) is 13.0 Å². The lowest BCUT2D eigenvalue weighted by Crippen LogP contribution is -2.07. The Bertz CT molecular complexity index is 521. The molecule has 0 saturated heterocycles. The molecule has 0 aliphatic carbocycles. The molecule has 4 heteroatoms. The lowest BCUT2D eigenvalue weighted by Gasteiger charge is -1.97. The van der Waals surface area contributed by atoms with Crippen LogP contribution in [0.25, 0.3) is 11.0 Å². The summed E-state index contributed by atoms with van der Waals surface area (Å²) < 4.78 is 4.11. The standard InChI is InChI=1S/C9H11N3S/c1-6-4-3-5-7-8(6)11(2)9(13)12(7)10/h3-5H,10H2,1-2H3. The van der Waals surface area contributed by atoms with Gasteiger partial charge in [0.05, 0.1) is 11.0 Å². The van der Waals surface area contributed by atoms with Crippen molar-refractivity contribution in [1.29, 1.82) is 0 Å². The van der Waals surface area contributed by atoms with Crippen LogP contribution in [0.3, 0.4) is 0 Å². The van der Waals surface area contributed by atoms with Crippen LogP contribution in [0.1, 0.15) is 5.56 Å². The zero-order valence-electron chi connectivity index (χ0n) is 7.61. The van der Waals surface area contributed by atoms with Gasteiger partial charge in [0.1, 0.15) is 0 Å². The van der Waals surface area contributed by atoms with Gasteiger partial charge in [-0.2, -0.15) is 0 Å². The molecule has 0 atom stereocenters. The van der Waals surface area contributed by atoms with Crippen molar-refractivity contribution < 1.29 is 0 Å². The highest BCUT2D eigenvalue weighted by Crippen LogP contribution is 2.18. The van der Waals surface area contributed by atoms with Gasteiger partial charge in [-0.1, -0.05) is 12.1 Å². The summed E-state index contributed by atoms with van der Waals surface area (Å²) in [5.41, 5.74) is 3.28. The second-order valence-electron chi connectivity index (χ2n) is 3.15. The number of para-hydroxylation sites is 1. The highest BCUT2D eigenvalue weighted by Gasteiger charge is 2.06. The fourth-order valence-corrected chi connectivity index (χ4v) is 1.82. The monoisotopic (exact) mass is 193 g/mol. The van der Waals surface area contributed by atoms with Crippen LogP contribution in [0.4, 0.5) is 0 Å². The predicted octanol–water partition coefficient (Wildman–Crippen LogP) is 1.73. The smallest absolute Gasteiger partial charge is 0.199 e. The summed E-state index contributed by atoms with van der Waals surface area (Å²) in [6.07, 6.45) is 0. The van der Waals surface area contributed by atoms with Crippen molar-refractivity contribution in [2.75, 3.05) is 5.84 Å². The second-order valence-corrected chi connectivity index (χ2v) is 3.52. The van der Waals surface area contributed by atoms with E-state index in [9.17, 15) is 0 Å². The van der Waals surface area contributed by atoms with Gasteiger partial charge in [0.2, 0.25) is 0 Å². The molecule has 68 valence electrons. The number of hydrogen-bond acceptors (Lipinski definition) is 2. The summed E-state index contributed by atoms with van der Waals surface area (Å²) in [4.78, 5) is 0. The van der Waals surface area contributed by atoms with Gasteiger partial charge in [0.15, 0.2) is 4.77 Å². The Labute approximate surface area is 81.4 Å². The molecular weight excluding hydrogens is 182 g/mol. The van der Waals surface area contributed by atoms with Crippen LogP contribution in [0.5, 0.6) is 0 Å². The minimum atomic E-state index is 0.643. The fourth-order valence-electron chi connectivity index (χ4n) is 1.63. The number of nitrogen functional groups attached to an aromatic ring is 1. The van der Waals surface area contributed by atoms with Crippen molar-refractivity contribution in [3.63, 3.8) is 0 Å². The first kappa shape index (κ1) is 8.31. The van der Waals surface area contributed by atoms with Crippen molar-refractivity contribution >= 4 is 23.3 Å². The maximum absolute atomic E-state index is 5.80. The third kappa shape index (κ3) is 0.986. The van der Waals surface area contributed by atoms with Gasteiger partial charge in [0.25, 0.3) is 0 Å². The van der Waals surface area contributed by atoms with E-state index >= 15 is 0 Å². The first-order chi connectivity index (χ1) is 6.13. The van der Waals surface area contributed by atoms with E-state index in [0.29, 0.717) is 4.77 Å². The molecule has 1 aromatic heterocycles. The van der Waals surface area contributed by atoms with E-state index in [1.807, 2.05) is 23.7 Å². The second kappa shape index (κ2) is 2.60. The Balaban J connectivity index is 3.12. The molecule has 0 amide bonds.